The van der Waals surface area contributed by atoms with Gasteiger partial charge in [0.15, 0.2) is 0 Å². The topological polar surface area (TPSA) is 63.3 Å². The van der Waals surface area contributed by atoms with Crippen LogP contribution in [-0.2, 0) is 16.6 Å². The number of benzene rings is 1. The summed E-state index contributed by atoms with van der Waals surface area (Å²) in [5.74, 6) is 1.41. The second-order valence-corrected chi connectivity index (χ2v) is 5.30. The van der Waals surface area contributed by atoms with Crippen molar-refractivity contribution in [3.63, 3.8) is 0 Å². The Kier molecular flexibility index (Phi) is 4.78. The highest BCUT2D eigenvalue weighted by atomic mass is 32.2. The molecule has 1 aromatic carbocycles. The number of nitrogens with two attached hydrogens (primary N) is 1. The van der Waals surface area contributed by atoms with Gasteiger partial charge in [-0.2, -0.15) is 0 Å². The molecular weight excluding hydrogens is 210 g/mol. The molecule has 1 aromatic rings. The van der Waals surface area contributed by atoms with E-state index in [0.29, 0.717) is 11.5 Å². The summed E-state index contributed by atoms with van der Waals surface area (Å²) in [6, 6.07) is 6.91. The first kappa shape index (κ1) is 12.2. The van der Waals surface area contributed by atoms with E-state index < -0.39 is 10.8 Å². The fourth-order valence-electron chi connectivity index (χ4n) is 1.17. The molecule has 0 radical (unpaired) electrons. The summed E-state index contributed by atoms with van der Waals surface area (Å²) in [6.07, 6.45) is 0.782. The van der Waals surface area contributed by atoms with Crippen molar-refractivity contribution in [2.24, 2.45) is 5.73 Å². The zero-order valence-corrected chi connectivity index (χ0v) is 9.67. The largest absolute Gasteiger partial charge is 0.508 e. The second-order valence-electron chi connectivity index (χ2n) is 3.72. The Morgan fingerprint density at radius 3 is 2.53 bits per heavy atom. The van der Waals surface area contributed by atoms with Crippen molar-refractivity contribution in [1.29, 1.82) is 0 Å². The Bertz CT molecular complexity index is 322. The zero-order valence-electron chi connectivity index (χ0n) is 8.85. The van der Waals surface area contributed by atoms with Crippen LogP contribution in [0.4, 0.5) is 0 Å². The molecule has 1 rings (SSSR count). The minimum absolute atomic E-state index is 0.105. The van der Waals surface area contributed by atoms with E-state index in [1.54, 1.807) is 24.3 Å². The number of hydrogen-bond donors (Lipinski definition) is 2. The SMILES string of the molecule is CC(N)CCS(=O)Cc1ccc(O)cc1. The molecule has 0 aliphatic heterocycles. The molecule has 15 heavy (non-hydrogen) atoms. The Labute approximate surface area is 92.8 Å². The summed E-state index contributed by atoms with van der Waals surface area (Å²) >= 11 is 0. The van der Waals surface area contributed by atoms with E-state index in [4.69, 9.17) is 10.8 Å². The smallest absolute Gasteiger partial charge is 0.115 e. The molecule has 3 N–H and O–H groups in total. The average molecular weight is 227 g/mol. The molecule has 0 saturated carbocycles. The maximum atomic E-state index is 11.6. The third-order valence-electron chi connectivity index (χ3n) is 2.06. The molecule has 0 spiro atoms. The van der Waals surface area contributed by atoms with Crippen molar-refractivity contribution in [3.05, 3.63) is 29.8 Å². The Morgan fingerprint density at radius 2 is 2.00 bits per heavy atom. The van der Waals surface area contributed by atoms with Crippen LogP contribution in [0.5, 0.6) is 5.75 Å². The summed E-state index contributed by atoms with van der Waals surface area (Å²) in [5, 5.41) is 9.07. The van der Waals surface area contributed by atoms with E-state index in [0.717, 1.165) is 12.0 Å². The van der Waals surface area contributed by atoms with Crippen LogP contribution >= 0.6 is 0 Å². The van der Waals surface area contributed by atoms with Crippen molar-refractivity contribution in [2.45, 2.75) is 25.1 Å². The van der Waals surface area contributed by atoms with Crippen LogP contribution < -0.4 is 5.73 Å². The Balaban J connectivity index is 2.41. The molecule has 2 atom stereocenters. The zero-order chi connectivity index (χ0) is 11.3. The summed E-state index contributed by atoms with van der Waals surface area (Å²) in [5.41, 5.74) is 6.57. The summed E-state index contributed by atoms with van der Waals surface area (Å²) in [6.45, 7) is 1.91. The maximum absolute atomic E-state index is 11.6. The minimum Gasteiger partial charge on any atom is -0.508 e. The van der Waals surface area contributed by atoms with E-state index >= 15 is 0 Å². The molecule has 84 valence electrons. The van der Waals surface area contributed by atoms with Gasteiger partial charge in [-0.3, -0.25) is 4.21 Å². The molecule has 0 heterocycles. The second kappa shape index (κ2) is 5.88. The van der Waals surface area contributed by atoms with Gasteiger partial charge >= 0.3 is 0 Å². The molecule has 0 aliphatic rings. The number of hydrogen-bond acceptors (Lipinski definition) is 3. The van der Waals surface area contributed by atoms with Crippen LogP contribution in [0.25, 0.3) is 0 Å². The van der Waals surface area contributed by atoms with Crippen LogP contribution in [0, 0.1) is 0 Å². The maximum Gasteiger partial charge on any atom is 0.115 e. The normalized spacial score (nSPS) is 14.8. The number of rotatable bonds is 5. The van der Waals surface area contributed by atoms with E-state index in [1.807, 2.05) is 6.92 Å². The van der Waals surface area contributed by atoms with E-state index in [9.17, 15) is 4.21 Å². The highest BCUT2D eigenvalue weighted by Crippen LogP contribution is 2.11. The first-order chi connectivity index (χ1) is 7.08. The quantitative estimate of drug-likeness (QED) is 0.798. The Hall–Kier alpha value is -0.870. The van der Waals surface area contributed by atoms with Gasteiger partial charge in [-0.05, 0) is 31.0 Å². The van der Waals surface area contributed by atoms with Crippen LogP contribution in [0.3, 0.4) is 0 Å². The third-order valence-corrected chi connectivity index (χ3v) is 3.41. The predicted octanol–water partition coefficient (Wildman–Crippen LogP) is 1.38. The van der Waals surface area contributed by atoms with Gasteiger partial charge < -0.3 is 10.8 Å². The standard InChI is InChI=1S/C11H17NO2S/c1-9(12)6-7-15(14)8-10-2-4-11(13)5-3-10/h2-5,9,13H,6-8,12H2,1H3. The van der Waals surface area contributed by atoms with Crippen molar-refractivity contribution in [3.8, 4) is 5.75 Å². The Morgan fingerprint density at radius 1 is 1.40 bits per heavy atom. The monoisotopic (exact) mass is 227 g/mol. The van der Waals surface area contributed by atoms with E-state index in [-0.39, 0.29) is 11.8 Å². The molecule has 0 amide bonds. The van der Waals surface area contributed by atoms with Crippen LogP contribution in [-0.4, -0.2) is 21.1 Å². The number of aromatic hydroxyl groups is 1. The molecule has 2 unspecified atom stereocenters. The van der Waals surface area contributed by atoms with Gasteiger partial charge in [-0.1, -0.05) is 12.1 Å². The van der Waals surface area contributed by atoms with Gasteiger partial charge in [-0.25, -0.2) is 0 Å². The molecule has 4 heteroatoms. The minimum atomic E-state index is -0.860. The van der Waals surface area contributed by atoms with Gasteiger partial charge in [0.25, 0.3) is 0 Å². The number of phenolic OH excluding ortho intramolecular Hbond substituents is 1. The van der Waals surface area contributed by atoms with Gasteiger partial charge in [0.05, 0.1) is 0 Å². The van der Waals surface area contributed by atoms with E-state index in [1.165, 1.54) is 0 Å². The lowest BCUT2D eigenvalue weighted by molar-refractivity contribution is 0.475. The fraction of sp³-hybridized carbons (Fsp3) is 0.455. The summed E-state index contributed by atoms with van der Waals surface area (Å²) in [4.78, 5) is 0. The summed E-state index contributed by atoms with van der Waals surface area (Å²) < 4.78 is 11.6. The van der Waals surface area contributed by atoms with Crippen molar-refractivity contribution < 1.29 is 9.32 Å². The lowest BCUT2D eigenvalue weighted by Crippen LogP contribution is -2.18. The third kappa shape index (κ3) is 4.95. The van der Waals surface area contributed by atoms with Crippen LogP contribution in [0.15, 0.2) is 24.3 Å². The van der Waals surface area contributed by atoms with Crippen molar-refractivity contribution in [2.75, 3.05) is 5.75 Å². The molecule has 3 nitrogen and oxygen atoms in total. The highest BCUT2D eigenvalue weighted by Gasteiger charge is 2.03. The number of phenols is 1. The van der Waals surface area contributed by atoms with Crippen LogP contribution in [0.1, 0.15) is 18.9 Å². The van der Waals surface area contributed by atoms with E-state index in [2.05, 4.69) is 0 Å². The molecule has 0 aromatic heterocycles. The molecule has 0 aliphatic carbocycles. The molecular formula is C11H17NO2S. The summed E-state index contributed by atoms with van der Waals surface area (Å²) in [7, 11) is -0.860. The molecule has 0 saturated heterocycles. The predicted molar refractivity (Wildman–Crippen MR) is 63.1 cm³/mol. The van der Waals surface area contributed by atoms with Crippen molar-refractivity contribution in [1.82, 2.24) is 0 Å². The van der Waals surface area contributed by atoms with Gasteiger partial charge in [0.2, 0.25) is 0 Å². The first-order valence-corrected chi connectivity index (χ1v) is 6.45. The molecule has 0 bridgehead atoms. The van der Waals surface area contributed by atoms with Gasteiger partial charge in [0.1, 0.15) is 5.75 Å². The lowest BCUT2D eigenvalue weighted by atomic mass is 10.2. The average Bonchev–Trinajstić information content (AvgIpc) is 2.19. The van der Waals surface area contributed by atoms with Crippen molar-refractivity contribution >= 4 is 10.8 Å². The van der Waals surface area contributed by atoms with Crippen LogP contribution in [0.2, 0.25) is 0 Å². The first-order valence-electron chi connectivity index (χ1n) is 4.96. The lowest BCUT2D eigenvalue weighted by Gasteiger charge is -2.05. The molecule has 0 fully saturated rings. The van der Waals surface area contributed by atoms with Gasteiger partial charge in [0, 0.05) is 28.3 Å². The van der Waals surface area contributed by atoms with Gasteiger partial charge in [-0.15, -0.1) is 0 Å². The fourth-order valence-corrected chi connectivity index (χ4v) is 2.51. The highest BCUT2D eigenvalue weighted by molar-refractivity contribution is 7.84.